The molecule has 1 saturated heterocycles. The minimum atomic E-state index is -0.00259. The SMILES string of the molecule is CCCN1CCN(C(=O)c2cnccc2NN)CC1. The molecule has 1 aromatic heterocycles. The van der Waals surface area contributed by atoms with Gasteiger partial charge in [0.25, 0.3) is 5.91 Å². The molecular formula is C13H21N5O. The molecule has 1 fully saturated rings. The van der Waals surface area contributed by atoms with Gasteiger partial charge in [0.1, 0.15) is 0 Å². The van der Waals surface area contributed by atoms with Gasteiger partial charge in [-0.1, -0.05) is 6.92 Å². The highest BCUT2D eigenvalue weighted by molar-refractivity contribution is 5.99. The van der Waals surface area contributed by atoms with Crippen molar-refractivity contribution in [3.8, 4) is 0 Å². The number of nitrogens with one attached hydrogen (secondary N) is 1. The van der Waals surface area contributed by atoms with Crippen LogP contribution in [0.3, 0.4) is 0 Å². The van der Waals surface area contributed by atoms with Gasteiger partial charge in [-0.3, -0.25) is 20.5 Å². The molecule has 0 unspecified atom stereocenters. The van der Waals surface area contributed by atoms with Gasteiger partial charge in [-0.05, 0) is 19.0 Å². The summed E-state index contributed by atoms with van der Waals surface area (Å²) in [5.41, 5.74) is 3.70. The highest BCUT2D eigenvalue weighted by Crippen LogP contribution is 2.16. The standard InChI is InChI=1S/C13H21N5O/c1-2-5-17-6-8-18(9-7-17)13(19)11-10-15-4-3-12(11)16-14/h3-4,10H,2,5-9,14H2,1H3,(H,15,16). The highest BCUT2D eigenvalue weighted by Gasteiger charge is 2.23. The molecule has 2 heterocycles. The summed E-state index contributed by atoms with van der Waals surface area (Å²) >= 11 is 0. The Morgan fingerprint density at radius 2 is 2.16 bits per heavy atom. The summed E-state index contributed by atoms with van der Waals surface area (Å²) in [6.45, 7) is 6.67. The molecule has 3 N–H and O–H groups in total. The van der Waals surface area contributed by atoms with Crippen LogP contribution in [0.4, 0.5) is 5.69 Å². The molecule has 0 radical (unpaired) electrons. The first-order chi connectivity index (χ1) is 9.26. The minimum Gasteiger partial charge on any atom is -0.336 e. The summed E-state index contributed by atoms with van der Waals surface area (Å²) in [5, 5.41) is 0. The molecule has 0 bridgehead atoms. The van der Waals surface area contributed by atoms with Crippen molar-refractivity contribution in [2.75, 3.05) is 38.1 Å². The van der Waals surface area contributed by atoms with Crippen LogP contribution in [0.2, 0.25) is 0 Å². The van der Waals surface area contributed by atoms with E-state index < -0.39 is 0 Å². The zero-order chi connectivity index (χ0) is 13.7. The number of nitrogens with two attached hydrogens (primary N) is 1. The van der Waals surface area contributed by atoms with Crippen LogP contribution in [0.5, 0.6) is 0 Å². The number of piperazine rings is 1. The second-order valence-electron chi connectivity index (χ2n) is 4.70. The summed E-state index contributed by atoms with van der Waals surface area (Å²) < 4.78 is 0. The van der Waals surface area contributed by atoms with Crippen molar-refractivity contribution in [2.24, 2.45) is 5.84 Å². The number of hydrogen-bond donors (Lipinski definition) is 2. The van der Waals surface area contributed by atoms with Crippen LogP contribution in [-0.2, 0) is 0 Å². The first-order valence-electron chi connectivity index (χ1n) is 6.68. The van der Waals surface area contributed by atoms with Crippen molar-refractivity contribution in [2.45, 2.75) is 13.3 Å². The Bertz CT molecular complexity index is 429. The maximum Gasteiger partial charge on any atom is 0.257 e. The fourth-order valence-corrected chi connectivity index (χ4v) is 2.35. The molecule has 0 atom stereocenters. The number of nitrogens with zero attached hydrogens (tertiary/aromatic N) is 3. The van der Waals surface area contributed by atoms with Gasteiger partial charge in [-0.25, -0.2) is 0 Å². The molecule has 0 aliphatic carbocycles. The molecule has 1 aromatic rings. The lowest BCUT2D eigenvalue weighted by Crippen LogP contribution is -2.48. The van der Waals surface area contributed by atoms with E-state index in [-0.39, 0.29) is 5.91 Å². The lowest BCUT2D eigenvalue weighted by atomic mass is 10.2. The molecule has 0 spiro atoms. The summed E-state index contributed by atoms with van der Waals surface area (Å²) in [7, 11) is 0. The first kappa shape index (κ1) is 13.8. The van der Waals surface area contributed by atoms with Crippen LogP contribution in [0.25, 0.3) is 0 Å². The Kier molecular flexibility index (Phi) is 4.70. The van der Waals surface area contributed by atoms with E-state index in [1.807, 2.05) is 4.90 Å². The number of hydrazine groups is 1. The van der Waals surface area contributed by atoms with Gasteiger partial charge in [-0.2, -0.15) is 0 Å². The van der Waals surface area contributed by atoms with E-state index in [9.17, 15) is 4.79 Å². The van der Waals surface area contributed by atoms with Gasteiger partial charge < -0.3 is 10.3 Å². The van der Waals surface area contributed by atoms with Gasteiger partial charge in [-0.15, -0.1) is 0 Å². The van der Waals surface area contributed by atoms with E-state index in [1.54, 1.807) is 18.5 Å². The highest BCUT2D eigenvalue weighted by atomic mass is 16.2. The smallest absolute Gasteiger partial charge is 0.257 e. The molecule has 1 aliphatic heterocycles. The third kappa shape index (κ3) is 3.21. The molecule has 0 saturated carbocycles. The van der Waals surface area contributed by atoms with E-state index in [0.29, 0.717) is 11.3 Å². The molecule has 0 aromatic carbocycles. The third-order valence-electron chi connectivity index (χ3n) is 3.41. The second kappa shape index (κ2) is 6.49. The zero-order valence-corrected chi connectivity index (χ0v) is 11.3. The number of carbonyl (C=O) groups is 1. The number of amides is 1. The number of aromatic nitrogens is 1. The number of rotatable bonds is 4. The first-order valence-corrected chi connectivity index (χ1v) is 6.68. The van der Waals surface area contributed by atoms with Gasteiger partial charge in [0.15, 0.2) is 0 Å². The number of pyridine rings is 1. The second-order valence-corrected chi connectivity index (χ2v) is 4.70. The van der Waals surface area contributed by atoms with Crippen molar-refractivity contribution in [3.63, 3.8) is 0 Å². The molecule has 1 amide bonds. The van der Waals surface area contributed by atoms with E-state index in [2.05, 4.69) is 22.2 Å². The number of anilines is 1. The van der Waals surface area contributed by atoms with Gasteiger partial charge in [0.2, 0.25) is 0 Å². The molecule has 19 heavy (non-hydrogen) atoms. The Labute approximate surface area is 113 Å². The predicted octanol–water partition coefficient (Wildman–Crippen LogP) is 0.535. The van der Waals surface area contributed by atoms with E-state index in [1.165, 1.54) is 0 Å². The van der Waals surface area contributed by atoms with Crippen LogP contribution in [-0.4, -0.2) is 53.4 Å². The molecule has 2 rings (SSSR count). The average Bonchev–Trinajstić information content (AvgIpc) is 2.47. The van der Waals surface area contributed by atoms with E-state index >= 15 is 0 Å². The fraction of sp³-hybridized carbons (Fsp3) is 0.538. The summed E-state index contributed by atoms with van der Waals surface area (Å²) in [6.07, 6.45) is 4.33. The Hall–Kier alpha value is -1.66. The van der Waals surface area contributed by atoms with Crippen molar-refractivity contribution >= 4 is 11.6 Å². The quantitative estimate of drug-likeness (QED) is 0.612. The van der Waals surface area contributed by atoms with Crippen LogP contribution in [0.1, 0.15) is 23.7 Å². The molecule has 6 heteroatoms. The van der Waals surface area contributed by atoms with Gasteiger partial charge >= 0.3 is 0 Å². The van der Waals surface area contributed by atoms with Crippen molar-refractivity contribution in [3.05, 3.63) is 24.0 Å². The normalized spacial score (nSPS) is 16.4. The Balaban J connectivity index is 2.01. The van der Waals surface area contributed by atoms with Gasteiger partial charge in [0, 0.05) is 38.6 Å². The average molecular weight is 263 g/mol. The van der Waals surface area contributed by atoms with Crippen LogP contribution in [0.15, 0.2) is 18.5 Å². The maximum absolute atomic E-state index is 12.4. The van der Waals surface area contributed by atoms with E-state index in [0.717, 1.165) is 39.1 Å². The third-order valence-corrected chi connectivity index (χ3v) is 3.41. The monoisotopic (exact) mass is 263 g/mol. The molecule has 6 nitrogen and oxygen atoms in total. The van der Waals surface area contributed by atoms with Crippen LogP contribution in [0, 0.1) is 0 Å². The van der Waals surface area contributed by atoms with E-state index in [4.69, 9.17) is 5.84 Å². The summed E-state index contributed by atoms with van der Waals surface area (Å²) in [4.78, 5) is 20.7. The van der Waals surface area contributed by atoms with Crippen molar-refractivity contribution in [1.82, 2.24) is 14.8 Å². The lowest BCUT2D eigenvalue weighted by Gasteiger charge is -2.34. The van der Waals surface area contributed by atoms with Crippen molar-refractivity contribution in [1.29, 1.82) is 0 Å². The van der Waals surface area contributed by atoms with Gasteiger partial charge in [0.05, 0.1) is 11.3 Å². The number of hydrogen-bond acceptors (Lipinski definition) is 5. The lowest BCUT2D eigenvalue weighted by molar-refractivity contribution is 0.0638. The topological polar surface area (TPSA) is 74.5 Å². The Morgan fingerprint density at radius 1 is 1.42 bits per heavy atom. The summed E-state index contributed by atoms with van der Waals surface area (Å²) in [5.74, 6) is 5.42. The zero-order valence-electron chi connectivity index (χ0n) is 11.3. The summed E-state index contributed by atoms with van der Waals surface area (Å²) in [6, 6.07) is 1.71. The predicted molar refractivity (Wildman–Crippen MR) is 74.7 cm³/mol. The maximum atomic E-state index is 12.4. The molecular weight excluding hydrogens is 242 g/mol. The number of carbonyl (C=O) groups excluding carboxylic acids is 1. The molecule has 104 valence electrons. The minimum absolute atomic E-state index is 0.00259. The number of nitrogen functional groups attached to an aromatic ring is 1. The largest absolute Gasteiger partial charge is 0.336 e. The fourth-order valence-electron chi connectivity index (χ4n) is 2.35. The van der Waals surface area contributed by atoms with Crippen LogP contribution < -0.4 is 11.3 Å². The van der Waals surface area contributed by atoms with Crippen molar-refractivity contribution < 1.29 is 4.79 Å². The molecule has 1 aliphatic rings. The van der Waals surface area contributed by atoms with Crippen LogP contribution >= 0.6 is 0 Å². The Morgan fingerprint density at radius 3 is 2.79 bits per heavy atom.